The van der Waals surface area contributed by atoms with Crippen LogP contribution in [0.2, 0.25) is 0 Å². The number of pyridine rings is 1. The second-order valence-corrected chi connectivity index (χ2v) is 5.17. The second-order valence-electron chi connectivity index (χ2n) is 4.22. The summed E-state index contributed by atoms with van der Waals surface area (Å²) in [5.74, 6) is 0.578. The summed E-state index contributed by atoms with van der Waals surface area (Å²) in [6.07, 6.45) is 1.99. The Morgan fingerprint density at radius 1 is 1.44 bits per heavy atom. The van der Waals surface area contributed by atoms with Crippen LogP contribution in [0.15, 0.2) is 23.4 Å². The molecule has 2 aromatic heterocycles. The van der Waals surface area contributed by atoms with Gasteiger partial charge in [0.25, 0.3) is 5.24 Å². The van der Waals surface area contributed by atoms with Crippen LogP contribution in [0, 0.1) is 13.8 Å². The van der Waals surface area contributed by atoms with Crippen molar-refractivity contribution in [3.05, 3.63) is 35.3 Å². The van der Waals surface area contributed by atoms with E-state index in [0.29, 0.717) is 5.75 Å². The Morgan fingerprint density at radius 2 is 2.28 bits per heavy atom. The molecule has 0 saturated heterocycles. The van der Waals surface area contributed by atoms with Gasteiger partial charge in [-0.25, -0.2) is 10.4 Å². The number of nitrogens with one attached hydrogen (secondary N) is 1. The van der Waals surface area contributed by atoms with Gasteiger partial charge in [-0.3, -0.25) is 9.20 Å². The zero-order valence-corrected chi connectivity index (χ0v) is 10.9. The first kappa shape index (κ1) is 11.3. The number of imidazole rings is 1. The SMILES string of the molecule is Cc1ccn2c(C3=NNC(=O)SC3)c(C)nc2c1. The van der Waals surface area contributed by atoms with Gasteiger partial charge in [-0.2, -0.15) is 5.10 Å². The molecule has 0 radical (unpaired) electrons. The van der Waals surface area contributed by atoms with Crippen LogP contribution in [0.4, 0.5) is 4.79 Å². The molecule has 1 aliphatic heterocycles. The van der Waals surface area contributed by atoms with Gasteiger partial charge < -0.3 is 0 Å². The van der Waals surface area contributed by atoms with Gasteiger partial charge in [0.1, 0.15) is 5.65 Å². The number of hydrazone groups is 1. The third-order valence-electron chi connectivity index (χ3n) is 2.85. The molecule has 6 heteroatoms. The largest absolute Gasteiger partial charge is 0.299 e. The van der Waals surface area contributed by atoms with Gasteiger partial charge in [0.2, 0.25) is 0 Å². The lowest BCUT2D eigenvalue weighted by Crippen LogP contribution is -2.25. The lowest BCUT2D eigenvalue weighted by atomic mass is 10.2. The Hall–Kier alpha value is -1.82. The van der Waals surface area contributed by atoms with E-state index in [-0.39, 0.29) is 5.24 Å². The molecule has 2 aromatic rings. The molecule has 92 valence electrons. The van der Waals surface area contributed by atoms with Crippen molar-refractivity contribution in [1.29, 1.82) is 0 Å². The standard InChI is InChI=1S/C12H12N4OS/c1-7-3-4-16-10(5-7)13-8(2)11(16)9-6-18-12(17)15-14-9/h3-5H,6H2,1-2H3,(H,15,17). The molecule has 0 atom stereocenters. The summed E-state index contributed by atoms with van der Waals surface area (Å²) in [6.45, 7) is 4.00. The fourth-order valence-electron chi connectivity index (χ4n) is 2.04. The molecule has 5 nitrogen and oxygen atoms in total. The number of thioether (sulfide) groups is 1. The summed E-state index contributed by atoms with van der Waals surface area (Å²) in [6, 6.07) is 4.07. The highest BCUT2D eigenvalue weighted by molar-refractivity contribution is 8.14. The number of hydrogen-bond acceptors (Lipinski definition) is 4. The number of fused-ring (bicyclic) bond motifs is 1. The van der Waals surface area contributed by atoms with Crippen molar-refractivity contribution in [2.45, 2.75) is 13.8 Å². The van der Waals surface area contributed by atoms with Gasteiger partial charge in [-0.05, 0) is 31.5 Å². The summed E-state index contributed by atoms with van der Waals surface area (Å²) in [5, 5.41) is 4.01. The molecule has 0 spiro atoms. The van der Waals surface area contributed by atoms with Gasteiger partial charge in [0, 0.05) is 11.9 Å². The quantitative estimate of drug-likeness (QED) is 0.854. The molecule has 1 aliphatic rings. The van der Waals surface area contributed by atoms with E-state index in [1.807, 2.05) is 36.6 Å². The summed E-state index contributed by atoms with van der Waals surface area (Å²) < 4.78 is 2.01. The van der Waals surface area contributed by atoms with Crippen molar-refractivity contribution in [2.24, 2.45) is 5.10 Å². The first-order valence-electron chi connectivity index (χ1n) is 5.60. The van der Waals surface area contributed by atoms with Crippen molar-refractivity contribution in [1.82, 2.24) is 14.8 Å². The van der Waals surface area contributed by atoms with Crippen molar-refractivity contribution in [2.75, 3.05) is 5.75 Å². The van der Waals surface area contributed by atoms with Crippen LogP contribution < -0.4 is 5.43 Å². The van der Waals surface area contributed by atoms with E-state index in [1.165, 1.54) is 17.3 Å². The van der Waals surface area contributed by atoms with E-state index in [2.05, 4.69) is 15.5 Å². The van der Waals surface area contributed by atoms with E-state index in [1.54, 1.807) is 0 Å². The van der Waals surface area contributed by atoms with Crippen LogP contribution in [0.3, 0.4) is 0 Å². The molecule has 0 aromatic carbocycles. The predicted molar refractivity (Wildman–Crippen MR) is 72.2 cm³/mol. The molecule has 0 bridgehead atoms. The summed E-state index contributed by atoms with van der Waals surface area (Å²) in [4.78, 5) is 15.6. The Bertz CT molecular complexity index is 674. The van der Waals surface area contributed by atoms with E-state index >= 15 is 0 Å². The topological polar surface area (TPSA) is 58.8 Å². The minimum absolute atomic E-state index is 0.110. The van der Waals surface area contributed by atoms with Crippen LogP contribution in [0.5, 0.6) is 0 Å². The number of nitrogens with zero attached hydrogens (tertiary/aromatic N) is 3. The molecular weight excluding hydrogens is 248 g/mol. The lowest BCUT2D eigenvalue weighted by Gasteiger charge is -2.11. The Morgan fingerprint density at radius 3 is 3.00 bits per heavy atom. The van der Waals surface area contributed by atoms with Gasteiger partial charge >= 0.3 is 0 Å². The smallest absolute Gasteiger partial charge is 0.298 e. The number of carbonyl (C=O) groups excluding carboxylic acids is 1. The molecular formula is C12H12N4OS. The molecule has 3 heterocycles. The molecule has 0 fully saturated rings. The molecule has 0 unspecified atom stereocenters. The minimum Gasteiger partial charge on any atom is -0.298 e. The average molecular weight is 260 g/mol. The van der Waals surface area contributed by atoms with Crippen molar-refractivity contribution in [3.8, 4) is 0 Å². The van der Waals surface area contributed by atoms with Crippen molar-refractivity contribution in [3.63, 3.8) is 0 Å². The lowest BCUT2D eigenvalue weighted by molar-refractivity contribution is 0.261. The summed E-state index contributed by atoms with van der Waals surface area (Å²) in [5.41, 5.74) is 7.33. The number of hydrogen-bond donors (Lipinski definition) is 1. The number of rotatable bonds is 1. The Balaban J connectivity index is 2.17. The highest BCUT2D eigenvalue weighted by Gasteiger charge is 2.19. The van der Waals surface area contributed by atoms with Gasteiger partial charge in [-0.1, -0.05) is 11.8 Å². The van der Waals surface area contributed by atoms with E-state index in [0.717, 1.165) is 22.7 Å². The maximum atomic E-state index is 11.1. The first-order valence-corrected chi connectivity index (χ1v) is 6.59. The van der Waals surface area contributed by atoms with Crippen LogP contribution in [-0.2, 0) is 0 Å². The van der Waals surface area contributed by atoms with Gasteiger partial charge in [0.15, 0.2) is 0 Å². The molecule has 18 heavy (non-hydrogen) atoms. The maximum Gasteiger partial charge on any atom is 0.299 e. The molecule has 1 N–H and O–H groups in total. The first-order chi connectivity index (χ1) is 8.65. The highest BCUT2D eigenvalue weighted by atomic mass is 32.2. The number of amides is 1. The zero-order chi connectivity index (χ0) is 12.7. The fourth-order valence-corrected chi connectivity index (χ4v) is 2.62. The minimum atomic E-state index is -0.110. The van der Waals surface area contributed by atoms with E-state index < -0.39 is 0 Å². The van der Waals surface area contributed by atoms with Crippen LogP contribution >= 0.6 is 11.8 Å². The van der Waals surface area contributed by atoms with Crippen molar-refractivity contribution < 1.29 is 4.79 Å². The molecule has 0 saturated carbocycles. The third kappa shape index (κ3) is 1.78. The summed E-state index contributed by atoms with van der Waals surface area (Å²) in [7, 11) is 0. The number of carbonyl (C=O) groups is 1. The van der Waals surface area contributed by atoms with Gasteiger partial charge in [-0.15, -0.1) is 0 Å². The molecule has 1 amide bonds. The third-order valence-corrected chi connectivity index (χ3v) is 3.62. The fraction of sp³-hybridized carbons (Fsp3) is 0.250. The van der Waals surface area contributed by atoms with E-state index in [4.69, 9.17) is 0 Å². The Kier molecular flexibility index (Phi) is 2.59. The molecule has 0 aliphatic carbocycles. The van der Waals surface area contributed by atoms with Crippen molar-refractivity contribution >= 4 is 28.4 Å². The van der Waals surface area contributed by atoms with Crippen LogP contribution in [0.25, 0.3) is 5.65 Å². The summed E-state index contributed by atoms with van der Waals surface area (Å²) >= 11 is 1.22. The second kappa shape index (κ2) is 4.13. The number of aryl methyl sites for hydroxylation is 2. The predicted octanol–water partition coefficient (Wildman–Crippen LogP) is 2.11. The van der Waals surface area contributed by atoms with Crippen LogP contribution in [0.1, 0.15) is 17.0 Å². The van der Waals surface area contributed by atoms with Gasteiger partial charge in [0.05, 0.1) is 17.1 Å². The zero-order valence-electron chi connectivity index (χ0n) is 10.1. The van der Waals surface area contributed by atoms with E-state index in [9.17, 15) is 4.79 Å². The highest BCUT2D eigenvalue weighted by Crippen LogP contribution is 2.18. The maximum absolute atomic E-state index is 11.1. The average Bonchev–Trinajstić information content (AvgIpc) is 2.65. The van der Waals surface area contributed by atoms with Crippen LogP contribution in [-0.4, -0.2) is 26.1 Å². The number of aromatic nitrogens is 2. The monoisotopic (exact) mass is 260 g/mol. The molecule has 3 rings (SSSR count). The normalized spacial score (nSPS) is 15.7. The Labute approximate surface area is 108 Å².